The summed E-state index contributed by atoms with van der Waals surface area (Å²) in [5, 5.41) is 11.5. The Hall–Kier alpha value is -3.32. The van der Waals surface area contributed by atoms with Crippen molar-refractivity contribution in [2.24, 2.45) is 0 Å². The molecule has 5 rings (SSSR count). The van der Waals surface area contributed by atoms with Gasteiger partial charge in [0.15, 0.2) is 0 Å². The van der Waals surface area contributed by atoms with Gasteiger partial charge in [0.1, 0.15) is 18.3 Å². The van der Waals surface area contributed by atoms with Crippen LogP contribution in [0.15, 0.2) is 121 Å². The fraction of sp³-hybridized carbons (Fsp3) is 0.294. The Morgan fingerprint density at radius 2 is 0.821 bits per heavy atom. The van der Waals surface area contributed by atoms with E-state index in [1.165, 1.54) is 0 Å². The number of hydrogen-bond donors (Lipinski definition) is 1. The molecule has 1 saturated carbocycles. The van der Waals surface area contributed by atoms with Crippen LogP contribution in [0.25, 0.3) is 0 Å². The predicted molar refractivity (Wildman–Crippen MR) is 151 cm³/mol. The Balaban J connectivity index is 1.42. The summed E-state index contributed by atoms with van der Waals surface area (Å²) in [6.07, 6.45) is -4.84. The van der Waals surface area contributed by atoms with E-state index >= 15 is 0 Å². The van der Waals surface area contributed by atoms with Gasteiger partial charge < -0.3 is 24.1 Å². The van der Waals surface area contributed by atoms with Gasteiger partial charge in [0.25, 0.3) is 0 Å². The smallest absolute Gasteiger partial charge is 0.115 e. The largest absolute Gasteiger partial charge is 0.390 e. The minimum absolute atomic E-state index is 0.0178. The molecule has 4 aromatic rings. The SMILES string of the molecule is [2H][C@@]1(O)C[C@@H](OCc2ccccc2)[C@H](OCc2ccccc2)[C@@H](OCc2ccccc2)[C@@H]1OCc1ccccc1. The van der Waals surface area contributed by atoms with Crippen LogP contribution < -0.4 is 0 Å². The maximum Gasteiger partial charge on any atom is 0.115 e. The number of ether oxygens (including phenoxy) is 4. The number of rotatable bonds is 12. The first-order valence-electron chi connectivity index (χ1n) is 13.9. The van der Waals surface area contributed by atoms with Crippen LogP contribution in [0.1, 0.15) is 30.0 Å². The quantitative estimate of drug-likeness (QED) is 0.243. The van der Waals surface area contributed by atoms with Crippen LogP contribution in [0, 0.1) is 0 Å². The summed E-state index contributed by atoms with van der Waals surface area (Å²) in [6.45, 7) is 1.18. The minimum Gasteiger partial charge on any atom is -0.390 e. The van der Waals surface area contributed by atoms with E-state index in [0.29, 0.717) is 13.2 Å². The molecule has 4 aromatic carbocycles. The van der Waals surface area contributed by atoms with Crippen LogP contribution >= 0.6 is 0 Å². The number of benzene rings is 4. The molecule has 1 aliphatic carbocycles. The molecular weight excluding hydrogens is 488 g/mol. The molecule has 202 valence electrons. The standard InChI is InChI=1S/C34H36O5/c35-30-21-31(36-22-26-13-5-1-6-14-26)33(38-24-28-17-9-3-10-18-28)34(39-25-29-19-11-4-12-20-29)32(30)37-23-27-15-7-2-8-16-27/h1-20,30-35H,21-25H2/t30-,31-,32-,33+,34+/m1/s1/i30D. The first-order valence-corrected chi connectivity index (χ1v) is 13.4. The Labute approximate surface area is 232 Å². The van der Waals surface area contributed by atoms with E-state index in [1.807, 2.05) is 121 Å². The highest BCUT2D eigenvalue weighted by Crippen LogP contribution is 2.32. The Bertz CT molecular complexity index is 1270. The van der Waals surface area contributed by atoms with Crippen LogP contribution in [0.2, 0.25) is 0 Å². The van der Waals surface area contributed by atoms with E-state index in [4.69, 9.17) is 20.3 Å². The van der Waals surface area contributed by atoms with Gasteiger partial charge in [-0.1, -0.05) is 121 Å². The lowest BCUT2D eigenvalue weighted by molar-refractivity contribution is -0.240. The molecule has 0 aromatic heterocycles. The summed E-state index contributed by atoms with van der Waals surface area (Å²) in [5.74, 6) is 0. The van der Waals surface area contributed by atoms with E-state index in [-0.39, 0.29) is 19.6 Å². The average Bonchev–Trinajstić information content (AvgIpc) is 2.99. The number of aliphatic hydroxyl groups is 1. The van der Waals surface area contributed by atoms with Crippen molar-refractivity contribution in [2.75, 3.05) is 0 Å². The van der Waals surface area contributed by atoms with Crippen LogP contribution in [0.3, 0.4) is 0 Å². The predicted octanol–water partition coefficient (Wildman–Crippen LogP) is 6.09. The lowest BCUT2D eigenvalue weighted by Gasteiger charge is -2.44. The van der Waals surface area contributed by atoms with E-state index in [0.717, 1.165) is 22.3 Å². The Kier molecular flexibility index (Phi) is 9.43. The van der Waals surface area contributed by atoms with Crippen molar-refractivity contribution < 1.29 is 25.4 Å². The minimum atomic E-state index is -1.95. The van der Waals surface area contributed by atoms with Crippen LogP contribution in [-0.4, -0.2) is 35.6 Å². The highest BCUT2D eigenvalue weighted by Gasteiger charge is 2.47. The summed E-state index contributed by atoms with van der Waals surface area (Å²) in [7, 11) is 0. The molecule has 5 atom stereocenters. The second kappa shape index (κ2) is 14.2. The molecule has 0 saturated heterocycles. The fourth-order valence-electron chi connectivity index (χ4n) is 4.81. The summed E-state index contributed by atoms with van der Waals surface area (Å²) in [5.41, 5.74) is 3.94. The zero-order valence-electron chi connectivity index (χ0n) is 23.0. The van der Waals surface area contributed by atoms with Crippen LogP contribution in [0.5, 0.6) is 0 Å². The molecular formula is C34H36O5. The van der Waals surface area contributed by atoms with Crippen molar-refractivity contribution in [2.45, 2.75) is 63.3 Å². The molecule has 5 nitrogen and oxygen atoms in total. The fourth-order valence-corrected chi connectivity index (χ4v) is 4.81. The molecule has 0 unspecified atom stereocenters. The van der Waals surface area contributed by atoms with Crippen molar-refractivity contribution in [3.05, 3.63) is 144 Å². The molecule has 1 fully saturated rings. The lowest BCUT2D eigenvalue weighted by atomic mass is 9.86. The first-order chi connectivity index (χ1) is 19.6. The average molecular weight is 526 g/mol. The molecule has 0 radical (unpaired) electrons. The van der Waals surface area contributed by atoms with Crippen molar-refractivity contribution in [3.8, 4) is 0 Å². The summed E-state index contributed by atoms with van der Waals surface area (Å²) < 4.78 is 34.6. The van der Waals surface area contributed by atoms with Crippen molar-refractivity contribution in [1.82, 2.24) is 0 Å². The van der Waals surface area contributed by atoms with Gasteiger partial charge in [0.2, 0.25) is 0 Å². The van der Waals surface area contributed by atoms with E-state index < -0.39 is 30.5 Å². The molecule has 5 heteroatoms. The topological polar surface area (TPSA) is 57.2 Å². The Morgan fingerprint density at radius 1 is 0.487 bits per heavy atom. The third-order valence-corrected chi connectivity index (χ3v) is 6.88. The third kappa shape index (κ3) is 7.85. The van der Waals surface area contributed by atoms with Crippen LogP contribution in [0.4, 0.5) is 0 Å². The van der Waals surface area contributed by atoms with Gasteiger partial charge in [-0.25, -0.2) is 0 Å². The van der Waals surface area contributed by atoms with Gasteiger partial charge in [0, 0.05) is 6.42 Å². The van der Waals surface area contributed by atoms with Crippen LogP contribution in [-0.2, 0) is 45.4 Å². The van der Waals surface area contributed by atoms with Gasteiger partial charge in [-0.05, 0) is 22.3 Å². The summed E-state index contributed by atoms with van der Waals surface area (Å²) >= 11 is 0. The van der Waals surface area contributed by atoms with E-state index in [1.54, 1.807) is 0 Å². The molecule has 0 bridgehead atoms. The molecule has 1 N–H and O–H groups in total. The second-order valence-corrected chi connectivity index (χ2v) is 9.77. The molecule has 1 aliphatic rings. The third-order valence-electron chi connectivity index (χ3n) is 6.88. The van der Waals surface area contributed by atoms with Crippen molar-refractivity contribution >= 4 is 0 Å². The van der Waals surface area contributed by atoms with Gasteiger partial charge >= 0.3 is 0 Å². The highest BCUT2D eigenvalue weighted by atomic mass is 16.6. The van der Waals surface area contributed by atoms with Gasteiger partial charge in [0.05, 0.1) is 40.0 Å². The van der Waals surface area contributed by atoms with Crippen molar-refractivity contribution in [3.63, 3.8) is 0 Å². The van der Waals surface area contributed by atoms with Gasteiger partial charge in [-0.3, -0.25) is 0 Å². The molecule has 0 aliphatic heterocycles. The zero-order chi connectivity index (χ0) is 27.6. The van der Waals surface area contributed by atoms with Gasteiger partial charge in [-0.15, -0.1) is 0 Å². The maximum atomic E-state index is 11.5. The monoisotopic (exact) mass is 525 g/mol. The number of hydrogen-bond acceptors (Lipinski definition) is 5. The van der Waals surface area contributed by atoms with E-state index in [9.17, 15) is 5.11 Å². The second-order valence-electron chi connectivity index (χ2n) is 9.77. The Morgan fingerprint density at radius 3 is 1.23 bits per heavy atom. The van der Waals surface area contributed by atoms with Crippen molar-refractivity contribution in [1.29, 1.82) is 0 Å². The lowest BCUT2D eigenvalue weighted by Crippen LogP contribution is -2.59. The summed E-state index contributed by atoms with van der Waals surface area (Å²) in [6, 6.07) is 39.4. The maximum absolute atomic E-state index is 11.5. The summed E-state index contributed by atoms with van der Waals surface area (Å²) in [4.78, 5) is 0. The highest BCUT2D eigenvalue weighted by molar-refractivity contribution is 5.16. The van der Waals surface area contributed by atoms with E-state index in [2.05, 4.69) is 0 Å². The molecule has 0 spiro atoms. The first kappa shape index (κ1) is 25.9. The van der Waals surface area contributed by atoms with Gasteiger partial charge in [-0.2, -0.15) is 0 Å². The molecule has 0 heterocycles. The molecule has 39 heavy (non-hydrogen) atoms. The normalized spacial score (nSPS) is 25.2. The zero-order valence-corrected chi connectivity index (χ0v) is 22.0. The molecule has 0 amide bonds.